The maximum atomic E-state index is 12.9. The minimum atomic E-state index is -0.536. The van der Waals surface area contributed by atoms with Crippen molar-refractivity contribution in [2.75, 3.05) is 0 Å². The quantitative estimate of drug-likeness (QED) is 0.612. The van der Waals surface area contributed by atoms with Crippen molar-refractivity contribution in [2.45, 2.75) is 45.8 Å². The van der Waals surface area contributed by atoms with E-state index in [1.807, 2.05) is 61.5 Å². The number of fused-ring (bicyclic) bond motifs is 1. The fraction of sp³-hybridized carbons (Fsp3) is 0.364. The lowest BCUT2D eigenvalue weighted by Gasteiger charge is -2.23. The first-order valence-electron chi connectivity index (χ1n) is 9.53. The zero-order valence-corrected chi connectivity index (χ0v) is 16.1. The SMILES string of the molecule is CC[C@@H](Oc1ccccc1)C(=O)N[C@@H](CC(C)C)c1nc2ccccc2[nH]1. The van der Waals surface area contributed by atoms with E-state index < -0.39 is 6.10 Å². The van der Waals surface area contributed by atoms with Crippen LogP contribution in [0, 0.1) is 5.92 Å². The number of imidazole rings is 1. The second kappa shape index (κ2) is 8.71. The summed E-state index contributed by atoms with van der Waals surface area (Å²) in [5.74, 6) is 1.78. The number of carbonyl (C=O) groups is 1. The second-order valence-corrected chi connectivity index (χ2v) is 7.16. The van der Waals surface area contributed by atoms with E-state index in [0.29, 0.717) is 18.1 Å². The Bertz CT molecular complexity index is 840. The normalized spacial score (nSPS) is 13.5. The van der Waals surface area contributed by atoms with Crippen molar-refractivity contribution < 1.29 is 9.53 Å². The second-order valence-electron chi connectivity index (χ2n) is 7.16. The third-order valence-electron chi connectivity index (χ3n) is 4.45. The van der Waals surface area contributed by atoms with Crippen LogP contribution in [0.4, 0.5) is 0 Å². The maximum Gasteiger partial charge on any atom is 0.261 e. The molecule has 0 aliphatic heterocycles. The number of nitrogens with one attached hydrogen (secondary N) is 2. The molecule has 2 atom stereocenters. The Morgan fingerprint density at radius 1 is 1.11 bits per heavy atom. The first-order valence-corrected chi connectivity index (χ1v) is 9.53. The molecule has 5 heteroatoms. The highest BCUT2D eigenvalue weighted by atomic mass is 16.5. The fourth-order valence-electron chi connectivity index (χ4n) is 3.10. The van der Waals surface area contributed by atoms with Gasteiger partial charge in [-0.1, -0.05) is 51.1 Å². The smallest absolute Gasteiger partial charge is 0.261 e. The van der Waals surface area contributed by atoms with E-state index in [9.17, 15) is 4.79 Å². The van der Waals surface area contributed by atoms with Crippen molar-refractivity contribution >= 4 is 16.9 Å². The molecule has 2 N–H and O–H groups in total. The fourth-order valence-corrected chi connectivity index (χ4v) is 3.10. The molecular formula is C22H27N3O2. The van der Waals surface area contributed by atoms with E-state index >= 15 is 0 Å². The van der Waals surface area contributed by atoms with Gasteiger partial charge in [-0.25, -0.2) is 4.98 Å². The minimum Gasteiger partial charge on any atom is -0.481 e. The Kier molecular flexibility index (Phi) is 6.12. The van der Waals surface area contributed by atoms with Crippen LogP contribution in [0.5, 0.6) is 5.75 Å². The minimum absolute atomic E-state index is 0.118. The molecule has 0 unspecified atom stereocenters. The molecule has 1 heterocycles. The van der Waals surface area contributed by atoms with Crippen LogP contribution in [0.25, 0.3) is 11.0 Å². The Hall–Kier alpha value is -2.82. The van der Waals surface area contributed by atoms with Crippen molar-refractivity contribution in [3.05, 3.63) is 60.4 Å². The van der Waals surface area contributed by atoms with Crippen LogP contribution in [0.1, 0.15) is 45.5 Å². The molecule has 1 aromatic heterocycles. The molecule has 3 rings (SSSR count). The van der Waals surface area contributed by atoms with Crippen molar-refractivity contribution in [3.8, 4) is 5.75 Å². The number of hydrogen-bond donors (Lipinski definition) is 2. The van der Waals surface area contributed by atoms with E-state index in [2.05, 4.69) is 29.1 Å². The van der Waals surface area contributed by atoms with Crippen LogP contribution in [-0.2, 0) is 4.79 Å². The highest BCUT2D eigenvalue weighted by molar-refractivity contribution is 5.81. The van der Waals surface area contributed by atoms with E-state index in [4.69, 9.17) is 4.74 Å². The number of nitrogens with zero attached hydrogens (tertiary/aromatic N) is 1. The zero-order chi connectivity index (χ0) is 19.2. The van der Waals surface area contributed by atoms with Gasteiger partial charge in [0.05, 0.1) is 17.1 Å². The number of H-pyrrole nitrogens is 1. The lowest BCUT2D eigenvalue weighted by atomic mass is 10.0. The average molecular weight is 365 g/mol. The summed E-state index contributed by atoms with van der Waals surface area (Å²) < 4.78 is 5.88. The molecule has 0 saturated carbocycles. The lowest BCUT2D eigenvalue weighted by molar-refractivity contribution is -0.129. The molecule has 0 bridgehead atoms. The molecule has 3 aromatic rings. The van der Waals surface area contributed by atoms with Crippen LogP contribution in [0.3, 0.4) is 0 Å². The Morgan fingerprint density at radius 3 is 2.48 bits per heavy atom. The summed E-state index contributed by atoms with van der Waals surface area (Å²) in [4.78, 5) is 20.9. The van der Waals surface area contributed by atoms with Gasteiger partial charge in [0.25, 0.3) is 5.91 Å². The lowest BCUT2D eigenvalue weighted by Crippen LogP contribution is -2.40. The van der Waals surface area contributed by atoms with Crippen LogP contribution in [-0.4, -0.2) is 22.0 Å². The van der Waals surface area contributed by atoms with Gasteiger partial charge in [0, 0.05) is 0 Å². The third-order valence-corrected chi connectivity index (χ3v) is 4.45. The summed E-state index contributed by atoms with van der Waals surface area (Å²) >= 11 is 0. The number of benzene rings is 2. The summed E-state index contributed by atoms with van der Waals surface area (Å²) in [7, 11) is 0. The van der Waals surface area contributed by atoms with Crippen LogP contribution in [0.15, 0.2) is 54.6 Å². The molecule has 2 aromatic carbocycles. The number of ether oxygens (including phenoxy) is 1. The third kappa shape index (κ3) is 4.88. The predicted molar refractivity (Wildman–Crippen MR) is 108 cm³/mol. The Morgan fingerprint density at radius 2 is 1.81 bits per heavy atom. The van der Waals surface area contributed by atoms with Gasteiger partial charge in [-0.3, -0.25) is 4.79 Å². The number of carbonyl (C=O) groups excluding carboxylic acids is 1. The molecule has 142 valence electrons. The summed E-state index contributed by atoms with van der Waals surface area (Å²) in [5.41, 5.74) is 1.88. The molecule has 0 radical (unpaired) electrons. The van der Waals surface area contributed by atoms with Gasteiger partial charge in [-0.2, -0.15) is 0 Å². The van der Waals surface area contributed by atoms with Gasteiger partial charge in [-0.15, -0.1) is 0 Å². The van der Waals surface area contributed by atoms with Gasteiger partial charge in [0.15, 0.2) is 6.10 Å². The largest absolute Gasteiger partial charge is 0.481 e. The van der Waals surface area contributed by atoms with E-state index in [0.717, 1.165) is 23.3 Å². The van der Waals surface area contributed by atoms with E-state index in [-0.39, 0.29) is 11.9 Å². The Labute approximate surface area is 160 Å². The number of amides is 1. The number of rotatable bonds is 8. The van der Waals surface area contributed by atoms with Crippen LogP contribution in [0.2, 0.25) is 0 Å². The van der Waals surface area contributed by atoms with Crippen LogP contribution >= 0.6 is 0 Å². The predicted octanol–water partition coefficient (Wildman–Crippen LogP) is 4.62. The first kappa shape index (κ1) is 19.0. The highest BCUT2D eigenvalue weighted by Gasteiger charge is 2.25. The van der Waals surface area contributed by atoms with Gasteiger partial charge >= 0.3 is 0 Å². The molecule has 0 aliphatic rings. The summed E-state index contributed by atoms with van der Waals surface area (Å²) in [6.45, 7) is 6.23. The van der Waals surface area contributed by atoms with Gasteiger partial charge in [0.2, 0.25) is 0 Å². The standard InChI is InChI=1S/C22H27N3O2/c1-4-20(27-16-10-6-5-7-11-16)22(26)25-19(14-15(2)3)21-23-17-12-8-9-13-18(17)24-21/h5-13,15,19-20H,4,14H2,1-3H3,(H,23,24)(H,25,26)/t19-,20+/m0/s1. The van der Waals surface area contributed by atoms with E-state index in [1.165, 1.54) is 0 Å². The molecule has 5 nitrogen and oxygen atoms in total. The molecule has 0 fully saturated rings. The average Bonchev–Trinajstić information content (AvgIpc) is 3.10. The van der Waals surface area contributed by atoms with Gasteiger partial charge in [-0.05, 0) is 43.0 Å². The topological polar surface area (TPSA) is 67.0 Å². The Balaban J connectivity index is 1.77. The number of aromatic nitrogens is 2. The van der Waals surface area contributed by atoms with Crippen molar-refractivity contribution in [1.29, 1.82) is 0 Å². The van der Waals surface area contributed by atoms with Crippen molar-refractivity contribution in [2.24, 2.45) is 5.92 Å². The van der Waals surface area contributed by atoms with Gasteiger partial charge < -0.3 is 15.0 Å². The number of para-hydroxylation sites is 3. The molecule has 0 spiro atoms. The zero-order valence-electron chi connectivity index (χ0n) is 16.1. The summed E-state index contributed by atoms with van der Waals surface area (Å²) in [6, 6.07) is 17.2. The molecule has 1 amide bonds. The number of aromatic amines is 1. The maximum absolute atomic E-state index is 12.9. The van der Waals surface area contributed by atoms with Crippen molar-refractivity contribution in [3.63, 3.8) is 0 Å². The molecule has 0 saturated heterocycles. The van der Waals surface area contributed by atoms with Crippen molar-refractivity contribution in [1.82, 2.24) is 15.3 Å². The first-order chi connectivity index (χ1) is 13.1. The molecule has 27 heavy (non-hydrogen) atoms. The monoisotopic (exact) mass is 365 g/mol. The van der Waals surface area contributed by atoms with Crippen LogP contribution < -0.4 is 10.1 Å². The number of hydrogen-bond acceptors (Lipinski definition) is 3. The molecular weight excluding hydrogens is 338 g/mol. The van der Waals surface area contributed by atoms with Gasteiger partial charge in [0.1, 0.15) is 11.6 Å². The highest BCUT2D eigenvalue weighted by Crippen LogP contribution is 2.23. The summed E-state index contributed by atoms with van der Waals surface area (Å²) in [6.07, 6.45) is 0.856. The molecule has 0 aliphatic carbocycles. The summed E-state index contributed by atoms with van der Waals surface area (Å²) in [5, 5.41) is 3.14. The van der Waals surface area contributed by atoms with E-state index in [1.54, 1.807) is 0 Å².